The molecule has 30 heavy (non-hydrogen) atoms. The van der Waals surface area contributed by atoms with E-state index in [-0.39, 0.29) is 0 Å². The van der Waals surface area contributed by atoms with Gasteiger partial charge in [-0.15, -0.1) is 0 Å². The lowest BCUT2D eigenvalue weighted by atomic mass is 10.1. The number of rotatable bonds is 7. The zero-order chi connectivity index (χ0) is 20.9. The summed E-state index contributed by atoms with van der Waals surface area (Å²) < 4.78 is 11.7. The molecule has 4 aromatic rings. The zero-order valence-electron chi connectivity index (χ0n) is 17.7. The van der Waals surface area contributed by atoms with Crippen molar-refractivity contribution in [3.8, 4) is 11.5 Å². The van der Waals surface area contributed by atoms with Gasteiger partial charge < -0.3 is 14.8 Å². The van der Waals surface area contributed by atoms with Crippen molar-refractivity contribution in [3.63, 3.8) is 0 Å². The fraction of sp³-hybridized carbons (Fsp3) is 0.185. The van der Waals surface area contributed by atoms with Gasteiger partial charge in [-0.1, -0.05) is 66.2 Å². The third-order valence-electron chi connectivity index (χ3n) is 5.36. The molecule has 0 saturated heterocycles. The van der Waals surface area contributed by atoms with Gasteiger partial charge in [0, 0.05) is 12.2 Å². The molecule has 0 unspecified atom stereocenters. The first-order valence-electron chi connectivity index (χ1n) is 10.2. The largest absolute Gasteiger partial charge is 0.493 e. The summed E-state index contributed by atoms with van der Waals surface area (Å²) in [6, 6.07) is 27.2. The number of nitrogens with one attached hydrogen (secondary N) is 1. The number of anilines is 1. The number of benzene rings is 4. The summed E-state index contributed by atoms with van der Waals surface area (Å²) >= 11 is 0. The van der Waals surface area contributed by atoms with Crippen molar-refractivity contribution in [2.24, 2.45) is 0 Å². The highest BCUT2D eigenvalue weighted by Gasteiger charge is 2.08. The maximum atomic E-state index is 6.13. The Labute approximate surface area is 178 Å². The Hall–Kier alpha value is -3.46. The van der Waals surface area contributed by atoms with Gasteiger partial charge in [-0.25, -0.2) is 0 Å². The van der Waals surface area contributed by atoms with Crippen LogP contribution in [0.25, 0.3) is 10.8 Å². The molecule has 3 heteroatoms. The average molecular weight is 398 g/mol. The van der Waals surface area contributed by atoms with Crippen LogP contribution in [0.4, 0.5) is 5.69 Å². The van der Waals surface area contributed by atoms with E-state index in [0.717, 1.165) is 34.9 Å². The SMILES string of the molecule is COc1cc(CNc2ccc(C)cc2C)ccc1OCc1cccc2ccccc12. The molecule has 0 fully saturated rings. The molecule has 0 aliphatic carbocycles. The van der Waals surface area contributed by atoms with Crippen molar-refractivity contribution in [1.82, 2.24) is 0 Å². The van der Waals surface area contributed by atoms with Crippen molar-refractivity contribution in [1.29, 1.82) is 0 Å². The molecular weight excluding hydrogens is 370 g/mol. The quantitative estimate of drug-likeness (QED) is 0.378. The Kier molecular flexibility index (Phi) is 5.89. The molecule has 0 aliphatic rings. The Morgan fingerprint density at radius 3 is 2.47 bits per heavy atom. The monoisotopic (exact) mass is 397 g/mol. The lowest BCUT2D eigenvalue weighted by molar-refractivity contribution is 0.285. The number of ether oxygens (including phenoxy) is 2. The Bertz CT molecular complexity index is 1160. The lowest BCUT2D eigenvalue weighted by Gasteiger charge is -2.15. The van der Waals surface area contributed by atoms with E-state index in [4.69, 9.17) is 9.47 Å². The van der Waals surface area contributed by atoms with Crippen LogP contribution in [-0.4, -0.2) is 7.11 Å². The van der Waals surface area contributed by atoms with Gasteiger partial charge in [-0.3, -0.25) is 0 Å². The molecule has 0 saturated carbocycles. The summed E-state index contributed by atoms with van der Waals surface area (Å²) in [6.07, 6.45) is 0. The molecule has 4 aromatic carbocycles. The van der Waals surface area contributed by atoms with Crippen LogP contribution in [0.5, 0.6) is 11.5 Å². The Morgan fingerprint density at radius 2 is 1.63 bits per heavy atom. The van der Waals surface area contributed by atoms with E-state index >= 15 is 0 Å². The second-order valence-corrected chi connectivity index (χ2v) is 7.58. The van der Waals surface area contributed by atoms with Crippen LogP contribution in [0, 0.1) is 13.8 Å². The van der Waals surface area contributed by atoms with E-state index in [1.165, 1.54) is 21.9 Å². The van der Waals surface area contributed by atoms with Crippen LogP contribution in [-0.2, 0) is 13.2 Å². The highest BCUT2D eigenvalue weighted by atomic mass is 16.5. The minimum absolute atomic E-state index is 0.498. The maximum absolute atomic E-state index is 6.13. The van der Waals surface area contributed by atoms with Crippen LogP contribution in [0.2, 0.25) is 0 Å². The van der Waals surface area contributed by atoms with Gasteiger partial charge in [0.15, 0.2) is 11.5 Å². The van der Waals surface area contributed by atoms with Crippen LogP contribution < -0.4 is 14.8 Å². The van der Waals surface area contributed by atoms with E-state index < -0.39 is 0 Å². The van der Waals surface area contributed by atoms with Gasteiger partial charge in [-0.2, -0.15) is 0 Å². The lowest BCUT2D eigenvalue weighted by Crippen LogP contribution is -2.03. The Balaban J connectivity index is 1.47. The molecule has 3 nitrogen and oxygen atoms in total. The first kappa shape index (κ1) is 19.8. The van der Waals surface area contributed by atoms with E-state index in [1.54, 1.807) is 7.11 Å². The van der Waals surface area contributed by atoms with E-state index in [1.807, 2.05) is 12.1 Å². The maximum Gasteiger partial charge on any atom is 0.161 e. The average Bonchev–Trinajstić information content (AvgIpc) is 2.77. The standard InChI is InChI=1S/C27H27NO2/c1-19-11-13-25(20(2)15-19)28-17-21-12-14-26(27(16-21)29-3)30-18-23-9-6-8-22-7-4-5-10-24(22)23/h4-16,28H,17-18H2,1-3H3. The molecule has 0 aromatic heterocycles. The van der Waals surface area contributed by atoms with Crippen molar-refractivity contribution in [2.75, 3.05) is 12.4 Å². The van der Waals surface area contributed by atoms with Crippen molar-refractivity contribution >= 4 is 16.5 Å². The van der Waals surface area contributed by atoms with Gasteiger partial charge >= 0.3 is 0 Å². The highest BCUT2D eigenvalue weighted by Crippen LogP contribution is 2.30. The third kappa shape index (κ3) is 4.41. The first-order valence-corrected chi connectivity index (χ1v) is 10.2. The summed E-state index contributed by atoms with van der Waals surface area (Å²) in [5.74, 6) is 1.50. The molecule has 0 amide bonds. The molecule has 0 bridgehead atoms. The number of aryl methyl sites for hydroxylation is 2. The number of hydrogen-bond acceptors (Lipinski definition) is 3. The highest BCUT2D eigenvalue weighted by molar-refractivity contribution is 5.85. The van der Waals surface area contributed by atoms with Gasteiger partial charge in [0.1, 0.15) is 6.61 Å². The Morgan fingerprint density at radius 1 is 0.800 bits per heavy atom. The van der Waals surface area contributed by atoms with Crippen LogP contribution in [0.1, 0.15) is 22.3 Å². The zero-order valence-corrected chi connectivity index (χ0v) is 17.7. The third-order valence-corrected chi connectivity index (χ3v) is 5.36. The predicted molar refractivity (Wildman–Crippen MR) is 125 cm³/mol. The summed E-state index contributed by atoms with van der Waals surface area (Å²) in [7, 11) is 1.68. The summed E-state index contributed by atoms with van der Waals surface area (Å²) in [5, 5.41) is 5.95. The number of hydrogen-bond donors (Lipinski definition) is 1. The van der Waals surface area contributed by atoms with Gasteiger partial charge in [0.25, 0.3) is 0 Å². The van der Waals surface area contributed by atoms with Crippen LogP contribution in [0.15, 0.2) is 78.9 Å². The molecule has 0 atom stereocenters. The fourth-order valence-corrected chi connectivity index (χ4v) is 3.72. The minimum Gasteiger partial charge on any atom is -0.493 e. The summed E-state index contributed by atoms with van der Waals surface area (Å²) in [4.78, 5) is 0. The smallest absolute Gasteiger partial charge is 0.161 e. The van der Waals surface area contributed by atoms with Crippen LogP contribution >= 0.6 is 0 Å². The molecule has 0 aliphatic heterocycles. The second-order valence-electron chi connectivity index (χ2n) is 7.58. The molecular formula is C27H27NO2. The van der Waals surface area contributed by atoms with Gasteiger partial charge in [-0.05, 0) is 59.5 Å². The number of methoxy groups -OCH3 is 1. The van der Waals surface area contributed by atoms with E-state index in [2.05, 4.69) is 85.9 Å². The molecule has 0 heterocycles. The first-order chi connectivity index (χ1) is 14.6. The molecule has 4 rings (SSSR count). The summed E-state index contributed by atoms with van der Waals surface area (Å²) in [6.45, 7) is 5.46. The van der Waals surface area contributed by atoms with E-state index in [0.29, 0.717) is 6.61 Å². The van der Waals surface area contributed by atoms with Crippen molar-refractivity contribution in [3.05, 3.63) is 101 Å². The number of fused-ring (bicyclic) bond motifs is 1. The minimum atomic E-state index is 0.498. The summed E-state index contributed by atoms with van der Waals surface area (Å²) in [5.41, 5.74) is 5.97. The molecule has 0 spiro atoms. The van der Waals surface area contributed by atoms with E-state index in [9.17, 15) is 0 Å². The molecule has 0 radical (unpaired) electrons. The van der Waals surface area contributed by atoms with Gasteiger partial charge in [0.05, 0.1) is 7.11 Å². The molecule has 1 N–H and O–H groups in total. The second kappa shape index (κ2) is 8.91. The predicted octanol–water partition coefficient (Wildman–Crippen LogP) is 6.66. The normalized spacial score (nSPS) is 10.8. The van der Waals surface area contributed by atoms with Crippen molar-refractivity contribution in [2.45, 2.75) is 27.0 Å². The van der Waals surface area contributed by atoms with Crippen LogP contribution in [0.3, 0.4) is 0 Å². The van der Waals surface area contributed by atoms with Gasteiger partial charge in [0.2, 0.25) is 0 Å². The molecule has 152 valence electrons. The topological polar surface area (TPSA) is 30.5 Å². The fourth-order valence-electron chi connectivity index (χ4n) is 3.72. The van der Waals surface area contributed by atoms with Crippen molar-refractivity contribution < 1.29 is 9.47 Å².